The molecule has 2 N–H and O–H groups in total. The van der Waals surface area contributed by atoms with Crippen LogP contribution in [0.3, 0.4) is 0 Å². The summed E-state index contributed by atoms with van der Waals surface area (Å²) in [6, 6.07) is 7.75. The number of hydrogen-bond acceptors (Lipinski definition) is 7. The van der Waals surface area contributed by atoms with Gasteiger partial charge in [0.2, 0.25) is 5.91 Å². The molecular weight excluding hydrogens is 452 g/mol. The van der Waals surface area contributed by atoms with Crippen molar-refractivity contribution >= 4 is 28.2 Å². The van der Waals surface area contributed by atoms with E-state index >= 15 is 0 Å². The summed E-state index contributed by atoms with van der Waals surface area (Å²) in [6.45, 7) is 4.55. The number of nitrogens with one attached hydrogen (secondary N) is 1. The van der Waals surface area contributed by atoms with Crippen LogP contribution in [0.15, 0.2) is 24.3 Å². The standard InChI is InChI=1S/C26H34N2O5S/c1-16-17(2)34-24(22(16)25(30)33-4)27-21(29)15-28-14-13-26(31)12-8-7-10-19(26)23(28)18-9-5-6-11-20(18)32-3/h5-6,9,11,19,23,31H,7-8,10,12-15H2,1-4H3,(H,27,29)/t19-,23+,26+/m0/s1. The monoisotopic (exact) mass is 486 g/mol. The Hall–Kier alpha value is -2.42. The number of para-hydroxylation sites is 1. The first-order chi connectivity index (χ1) is 16.3. The SMILES string of the molecule is COC(=O)c1c(NC(=O)CN2CC[C@]3(O)CCCC[C@H]3[C@H]2c2ccccc2OC)sc(C)c1C. The maximum Gasteiger partial charge on any atom is 0.341 e. The van der Waals surface area contributed by atoms with Crippen molar-refractivity contribution in [2.24, 2.45) is 5.92 Å². The molecule has 1 saturated heterocycles. The van der Waals surface area contributed by atoms with Crippen LogP contribution in [-0.4, -0.2) is 54.8 Å². The highest BCUT2D eigenvalue weighted by Gasteiger charge is 2.49. The Balaban J connectivity index is 1.62. The van der Waals surface area contributed by atoms with Crippen LogP contribution in [-0.2, 0) is 9.53 Å². The number of fused-ring (bicyclic) bond motifs is 1. The van der Waals surface area contributed by atoms with E-state index < -0.39 is 11.6 Å². The normalized spacial score (nSPS) is 24.9. The lowest BCUT2D eigenvalue weighted by Gasteiger charge is -2.52. The highest BCUT2D eigenvalue weighted by molar-refractivity contribution is 7.16. The van der Waals surface area contributed by atoms with E-state index in [9.17, 15) is 14.7 Å². The van der Waals surface area contributed by atoms with E-state index in [-0.39, 0.29) is 24.4 Å². The van der Waals surface area contributed by atoms with Gasteiger partial charge in [-0.1, -0.05) is 31.0 Å². The third-order valence-electron chi connectivity index (χ3n) is 7.50. The molecule has 1 saturated carbocycles. The van der Waals surface area contributed by atoms with E-state index in [1.165, 1.54) is 18.4 Å². The van der Waals surface area contributed by atoms with Crippen molar-refractivity contribution in [2.75, 3.05) is 32.6 Å². The molecule has 1 amide bonds. The van der Waals surface area contributed by atoms with Crippen molar-refractivity contribution in [1.82, 2.24) is 4.90 Å². The summed E-state index contributed by atoms with van der Waals surface area (Å²) >= 11 is 1.38. The second kappa shape index (κ2) is 10.1. The Labute approximate surface area is 205 Å². The average Bonchev–Trinajstić information content (AvgIpc) is 3.11. The van der Waals surface area contributed by atoms with Gasteiger partial charge in [-0.15, -0.1) is 11.3 Å². The zero-order chi connectivity index (χ0) is 24.5. The number of esters is 1. The van der Waals surface area contributed by atoms with Crippen LogP contribution in [0.1, 0.15) is 64.5 Å². The summed E-state index contributed by atoms with van der Waals surface area (Å²) in [5.41, 5.74) is 1.52. The number of piperidine rings is 1. The molecule has 1 aliphatic carbocycles. The van der Waals surface area contributed by atoms with Gasteiger partial charge in [0.05, 0.1) is 31.9 Å². The van der Waals surface area contributed by atoms with Crippen molar-refractivity contribution in [3.05, 3.63) is 45.8 Å². The fourth-order valence-electron chi connectivity index (χ4n) is 5.66. The molecule has 0 bridgehead atoms. The van der Waals surface area contributed by atoms with E-state index in [4.69, 9.17) is 9.47 Å². The Morgan fingerprint density at radius 2 is 1.97 bits per heavy atom. The number of methoxy groups -OCH3 is 2. The predicted octanol–water partition coefficient (Wildman–Crippen LogP) is 4.47. The van der Waals surface area contributed by atoms with E-state index in [0.29, 0.717) is 23.5 Å². The molecule has 1 aliphatic heterocycles. The lowest BCUT2D eigenvalue weighted by atomic mass is 9.66. The summed E-state index contributed by atoms with van der Waals surface area (Å²) in [4.78, 5) is 28.7. The highest BCUT2D eigenvalue weighted by Crippen LogP contribution is 2.50. The molecule has 0 radical (unpaired) electrons. The molecule has 1 aromatic heterocycles. The summed E-state index contributed by atoms with van der Waals surface area (Å²) < 4.78 is 10.6. The van der Waals surface area contributed by atoms with Crippen LogP contribution in [0, 0.1) is 19.8 Å². The van der Waals surface area contributed by atoms with Crippen LogP contribution < -0.4 is 10.1 Å². The third kappa shape index (κ3) is 4.59. The van der Waals surface area contributed by atoms with E-state index in [1.807, 2.05) is 38.1 Å². The first-order valence-corrected chi connectivity index (χ1v) is 12.7. The molecule has 2 aromatic rings. The molecule has 34 heavy (non-hydrogen) atoms. The Morgan fingerprint density at radius 3 is 2.71 bits per heavy atom. The van der Waals surface area contributed by atoms with E-state index in [2.05, 4.69) is 10.2 Å². The smallest absolute Gasteiger partial charge is 0.341 e. The number of thiophene rings is 1. The number of aliphatic hydroxyl groups is 1. The molecule has 0 unspecified atom stereocenters. The molecule has 2 heterocycles. The molecule has 2 aliphatic rings. The minimum atomic E-state index is -0.725. The molecule has 8 heteroatoms. The quantitative estimate of drug-likeness (QED) is 0.586. The zero-order valence-corrected chi connectivity index (χ0v) is 21.2. The van der Waals surface area contributed by atoms with Crippen molar-refractivity contribution in [3.63, 3.8) is 0 Å². The summed E-state index contributed by atoms with van der Waals surface area (Å²) in [5.74, 6) is 0.156. The molecule has 7 nitrogen and oxygen atoms in total. The number of nitrogens with zero attached hydrogens (tertiary/aromatic N) is 1. The van der Waals surface area contributed by atoms with Crippen LogP contribution in [0.2, 0.25) is 0 Å². The number of amides is 1. The minimum absolute atomic E-state index is 0.0240. The number of benzene rings is 1. The molecule has 184 valence electrons. The average molecular weight is 487 g/mol. The van der Waals surface area contributed by atoms with Gasteiger partial charge in [-0.3, -0.25) is 9.69 Å². The fourth-order valence-corrected chi connectivity index (χ4v) is 6.72. The number of carbonyl (C=O) groups is 2. The van der Waals surface area contributed by atoms with Gasteiger partial charge in [0.25, 0.3) is 0 Å². The topological polar surface area (TPSA) is 88.1 Å². The number of carbonyl (C=O) groups excluding carboxylic acids is 2. The largest absolute Gasteiger partial charge is 0.496 e. The number of anilines is 1. The van der Waals surface area contributed by atoms with Crippen LogP contribution in [0.4, 0.5) is 5.00 Å². The molecule has 4 rings (SSSR count). The summed E-state index contributed by atoms with van der Waals surface area (Å²) in [5, 5.41) is 15.0. The molecule has 2 fully saturated rings. The zero-order valence-electron chi connectivity index (χ0n) is 20.3. The van der Waals surface area contributed by atoms with Crippen molar-refractivity contribution < 1.29 is 24.2 Å². The Kier molecular flexibility index (Phi) is 7.31. The summed E-state index contributed by atoms with van der Waals surface area (Å²) in [6.07, 6.45) is 4.43. The van der Waals surface area contributed by atoms with Crippen LogP contribution >= 0.6 is 11.3 Å². The van der Waals surface area contributed by atoms with Gasteiger partial charge in [-0.2, -0.15) is 0 Å². The number of aryl methyl sites for hydroxylation is 1. The second-order valence-corrected chi connectivity index (χ2v) is 10.6. The molecule has 1 aromatic carbocycles. The molecular formula is C26H34N2O5S. The fraction of sp³-hybridized carbons (Fsp3) is 0.538. The van der Waals surface area contributed by atoms with Crippen molar-refractivity contribution in [3.8, 4) is 5.75 Å². The number of likely N-dealkylation sites (tertiary alicyclic amines) is 1. The van der Waals surface area contributed by atoms with Crippen LogP contribution in [0.25, 0.3) is 0 Å². The van der Waals surface area contributed by atoms with Gasteiger partial charge in [0.15, 0.2) is 0 Å². The predicted molar refractivity (Wildman–Crippen MR) is 133 cm³/mol. The van der Waals surface area contributed by atoms with Gasteiger partial charge in [-0.05, 0) is 44.7 Å². The van der Waals surface area contributed by atoms with Crippen molar-refractivity contribution in [1.29, 1.82) is 0 Å². The second-order valence-electron chi connectivity index (χ2n) is 9.39. The van der Waals surface area contributed by atoms with Gasteiger partial charge < -0.3 is 19.9 Å². The van der Waals surface area contributed by atoms with Crippen molar-refractivity contribution in [2.45, 2.75) is 57.6 Å². The van der Waals surface area contributed by atoms with E-state index in [1.54, 1.807) is 7.11 Å². The van der Waals surface area contributed by atoms with Gasteiger partial charge >= 0.3 is 5.97 Å². The van der Waals surface area contributed by atoms with Gasteiger partial charge in [0, 0.05) is 28.9 Å². The first-order valence-electron chi connectivity index (χ1n) is 11.9. The molecule has 0 spiro atoms. The Morgan fingerprint density at radius 1 is 1.21 bits per heavy atom. The lowest BCUT2D eigenvalue weighted by Crippen LogP contribution is -2.56. The van der Waals surface area contributed by atoms with Crippen LogP contribution in [0.5, 0.6) is 5.75 Å². The maximum absolute atomic E-state index is 13.2. The van der Waals surface area contributed by atoms with Gasteiger partial charge in [0.1, 0.15) is 10.8 Å². The maximum atomic E-state index is 13.2. The highest BCUT2D eigenvalue weighted by atomic mass is 32.1. The van der Waals surface area contributed by atoms with Gasteiger partial charge in [-0.25, -0.2) is 4.79 Å². The minimum Gasteiger partial charge on any atom is -0.496 e. The first kappa shape index (κ1) is 24.7. The third-order valence-corrected chi connectivity index (χ3v) is 8.63. The Bertz CT molecular complexity index is 1070. The summed E-state index contributed by atoms with van der Waals surface area (Å²) in [7, 11) is 3.00. The van der Waals surface area contributed by atoms with E-state index in [0.717, 1.165) is 47.4 Å². The number of rotatable bonds is 6. The number of ether oxygens (including phenoxy) is 2. The molecule has 3 atom stereocenters. The lowest BCUT2D eigenvalue weighted by molar-refractivity contribution is -0.135. The number of hydrogen-bond donors (Lipinski definition) is 2.